The molecule has 0 heterocycles. The lowest BCUT2D eigenvalue weighted by molar-refractivity contribution is 0.436. The summed E-state index contributed by atoms with van der Waals surface area (Å²) in [4.78, 5) is 0. The molecule has 15 heavy (non-hydrogen) atoms. The number of hydrogen-bond acceptors (Lipinski definition) is 0. The summed E-state index contributed by atoms with van der Waals surface area (Å²) in [6.07, 6.45) is 11.6. The highest BCUT2D eigenvalue weighted by molar-refractivity contribution is 5.34. The van der Waals surface area contributed by atoms with E-state index in [-0.39, 0.29) is 0 Å². The quantitative estimate of drug-likeness (QED) is 0.597. The van der Waals surface area contributed by atoms with E-state index in [9.17, 15) is 0 Å². The summed E-state index contributed by atoms with van der Waals surface area (Å²) in [5.41, 5.74) is 3.24. The zero-order valence-electron chi connectivity index (χ0n) is 9.15. The van der Waals surface area contributed by atoms with E-state index in [0.717, 1.165) is 11.8 Å². The molecule has 2 atom stereocenters. The van der Waals surface area contributed by atoms with Crippen LogP contribution in [0.5, 0.6) is 0 Å². The Morgan fingerprint density at radius 2 is 2.00 bits per heavy atom. The summed E-state index contributed by atoms with van der Waals surface area (Å²) < 4.78 is 0. The second-order valence-corrected chi connectivity index (χ2v) is 4.87. The van der Waals surface area contributed by atoms with Gasteiger partial charge in [0.15, 0.2) is 0 Å². The molecule has 2 aliphatic rings. The van der Waals surface area contributed by atoms with Crippen LogP contribution in [0.25, 0.3) is 0 Å². The number of aryl methyl sites for hydroxylation is 1. The Labute approximate surface area is 92.0 Å². The fourth-order valence-corrected chi connectivity index (χ4v) is 3.23. The van der Waals surface area contributed by atoms with Crippen LogP contribution in [0, 0.1) is 5.92 Å². The third-order valence-electron chi connectivity index (χ3n) is 3.98. The topological polar surface area (TPSA) is 0 Å². The first-order chi connectivity index (χ1) is 7.45. The SMILES string of the molecule is C1=CC(C2CCCc3ccccc32)CC1. The smallest absolute Gasteiger partial charge is 0.00961 e. The highest BCUT2D eigenvalue weighted by Crippen LogP contribution is 2.41. The fraction of sp³-hybridized carbons (Fsp3) is 0.467. The molecule has 2 aliphatic carbocycles. The Kier molecular flexibility index (Phi) is 2.36. The summed E-state index contributed by atoms with van der Waals surface area (Å²) in [7, 11) is 0. The second-order valence-electron chi connectivity index (χ2n) is 4.87. The molecule has 0 fully saturated rings. The number of allylic oxidation sites excluding steroid dienone is 2. The molecule has 0 bridgehead atoms. The van der Waals surface area contributed by atoms with Crippen molar-refractivity contribution >= 4 is 0 Å². The van der Waals surface area contributed by atoms with Gasteiger partial charge in [-0.1, -0.05) is 36.4 Å². The molecule has 0 spiro atoms. The zero-order chi connectivity index (χ0) is 10.1. The van der Waals surface area contributed by atoms with E-state index in [4.69, 9.17) is 0 Å². The first-order valence-electron chi connectivity index (χ1n) is 6.19. The standard InChI is InChI=1S/C15H18/c1-2-7-12(6-1)15-11-5-9-13-8-3-4-10-14(13)15/h1,3-4,6,8,10,12,15H,2,5,7,9,11H2. The molecule has 0 nitrogen and oxygen atoms in total. The Bertz CT molecular complexity index is 375. The Hall–Kier alpha value is -1.04. The minimum absolute atomic E-state index is 0.814. The van der Waals surface area contributed by atoms with Crippen molar-refractivity contribution in [2.75, 3.05) is 0 Å². The lowest BCUT2D eigenvalue weighted by Crippen LogP contribution is -2.15. The highest BCUT2D eigenvalue weighted by Gasteiger charge is 2.26. The van der Waals surface area contributed by atoms with Crippen LogP contribution in [0.1, 0.15) is 42.7 Å². The Balaban J connectivity index is 1.95. The largest absolute Gasteiger partial charge is 0.0882 e. The van der Waals surface area contributed by atoms with Crippen LogP contribution >= 0.6 is 0 Å². The van der Waals surface area contributed by atoms with Crippen molar-refractivity contribution in [3.63, 3.8) is 0 Å². The van der Waals surface area contributed by atoms with Crippen LogP contribution < -0.4 is 0 Å². The summed E-state index contributed by atoms with van der Waals surface area (Å²) >= 11 is 0. The van der Waals surface area contributed by atoms with Crippen LogP contribution in [0.15, 0.2) is 36.4 Å². The lowest BCUT2D eigenvalue weighted by Gasteiger charge is -2.29. The maximum absolute atomic E-state index is 2.45. The number of hydrogen-bond donors (Lipinski definition) is 0. The average Bonchev–Trinajstić information content (AvgIpc) is 2.82. The maximum Gasteiger partial charge on any atom is -0.00961 e. The molecule has 0 saturated heterocycles. The molecule has 0 saturated carbocycles. The highest BCUT2D eigenvalue weighted by atomic mass is 14.3. The van der Waals surface area contributed by atoms with Gasteiger partial charge in [0.05, 0.1) is 0 Å². The summed E-state index contributed by atoms with van der Waals surface area (Å²) in [5, 5.41) is 0. The summed E-state index contributed by atoms with van der Waals surface area (Å²) in [6, 6.07) is 9.06. The van der Waals surface area contributed by atoms with Gasteiger partial charge >= 0.3 is 0 Å². The summed E-state index contributed by atoms with van der Waals surface area (Å²) in [5.74, 6) is 1.64. The van der Waals surface area contributed by atoms with Gasteiger partial charge in [-0.15, -0.1) is 0 Å². The minimum Gasteiger partial charge on any atom is -0.0882 e. The molecule has 0 aliphatic heterocycles. The number of rotatable bonds is 1. The lowest BCUT2D eigenvalue weighted by atomic mass is 9.75. The maximum atomic E-state index is 2.45. The first-order valence-corrected chi connectivity index (χ1v) is 6.19. The van der Waals surface area contributed by atoms with Crippen molar-refractivity contribution in [3.8, 4) is 0 Å². The van der Waals surface area contributed by atoms with E-state index in [1.807, 2.05) is 0 Å². The molecule has 1 aromatic rings. The van der Waals surface area contributed by atoms with Gasteiger partial charge in [0.1, 0.15) is 0 Å². The van der Waals surface area contributed by atoms with Crippen LogP contribution in [-0.2, 0) is 6.42 Å². The van der Waals surface area contributed by atoms with Gasteiger partial charge in [0, 0.05) is 0 Å². The number of benzene rings is 1. The molecular weight excluding hydrogens is 180 g/mol. The molecule has 2 unspecified atom stereocenters. The van der Waals surface area contributed by atoms with E-state index in [1.165, 1.54) is 32.1 Å². The normalized spacial score (nSPS) is 29.1. The van der Waals surface area contributed by atoms with Gasteiger partial charge in [-0.2, -0.15) is 0 Å². The van der Waals surface area contributed by atoms with Crippen molar-refractivity contribution in [2.45, 2.75) is 38.0 Å². The number of fused-ring (bicyclic) bond motifs is 1. The second kappa shape index (κ2) is 3.84. The van der Waals surface area contributed by atoms with Gasteiger partial charge < -0.3 is 0 Å². The molecule has 0 amide bonds. The van der Waals surface area contributed by atoms with Crippen LogP contribution in [0.2, 0.25) is 0 Å². The van der Waals surface area contributed by atoms with Gasteiger partial charge in [0.25, 0.3) is 0 Å². The molecule has 78 valence electrons. The van der Waals surface area contributed by atoms with Crippen molar-refractivity contribution in [2.24, 2.45) is 5.92 Å². The van der Waals surface area contributed by atoms with E-state index in [1.54, 1.807) is 11.1 Å². The van der Waals surface area contributed by atoms with Gasteiger partial charge in [0.2, 0.25) is 0 Å². The van der Waals surface area contributed by atoms with E-state index >= 15 is 0 Å². The third-order valence-corrected chi connectivity index (χ3v) is 3.98. The van der Waals surface area contributed by atoms with Gasteiger partial charge in [-0.25, -0.2) is 0 Å². The van der Waals surface area contributed by atoms with Crippen molar-refractivity contribution in [1.29, 1.82) is 0 Å². The molecular formula is C15H18. The average molecular weight is 198 g/mol. The zero-order valence-corrected chi connectivity index (χ0v) is 9.15. The van der Waals surface area contributed by atoms with Crippen LogP contribution in [0.4, 0.5) is 0 Å². The van der Waals surface area contributed by atoms with Gasteiger partial charge in [-0.3, -0.25) is 0 Å². The van der Waals surface area contributed by atoms with Crippen molar-refractivity contribution < 1.29 is 0 Å². The van der Waals surface area contributed by atoms with E-state index in [0.29, 0.717) is 0 Å². The van der Waals surface area contributed by atoms with E-state index in [2.05, 4.69) is 36.4 Å². The minimum atomic E-state index is 0.814. The van der Waals surface area contributed by atoms with Crippen LogP contribution in [0.3, 0.4) is 0 Å². The fourth-order valence-electron chi connectivity index (χ4n) is 3.23. The molecule has 0 N–H and O–H groups in total. The molecule has 0 aromatic heterocycles. The molecule has 3 rings (SSSR count). The van der Waals surface area contributed by atoms with Gasteiger partial charge in [-0.05, 0) is 55.1 Å². The van der Waals surface area contributed by atoms with Crippen molar-refractivity contribution in [1.82, 2.24) is 0 Å². The van der Waals surface area contributed by atoms with Crippen LogP contribution in [-0.4, -0.2) is 0 Å². The Morgan fingerprint density at radius 1 is 1.07 bits per heavy atom. The van der Waals surface area contributed by atoms with Crippen molar-refractivity contribution in [3.05, 3.63) is 47.5 Å². The predicted molar refractivity (Wildman–Crippen MR) is 64.0 cm³/mol. The molecule has 1 aromatic carbocycles. The summed E-state index contributed by atoms with van der Waals surface area (Å²) in [6.45, 7) is 0. The Morgan fingerprint density at radius 3 is 2.87 bits per heavy atom. The third kappa shape index (κ3) is 1.62. The monoisotopic (exact) mass is 198 g/mol. The molecule has 0 heteroatoms. The first kappa shape index (κ1) is 9.21. The predicted octanol–water partition coefficient (Wildman–Crippen LogP) is 4.07. The molecule has 0 radical (unpaired) electrons. The van der Waals surface area contributed by atoms with E-state index < -0.39 is 0 Å².